The number of hydrogen-bond donors (Lipinski definition) is 1. The van der Waals surface area contributed by atoms with Gasteiger partial charge in [0, 0.05) is 36.6 Å². The number of anilines is 1. The zero-order chi connectivity index (χ0) is 29.6. The maximum absolute atomic E-state index is 14.3. The molecule has 2 aromatic carbocycles. The number of carbonyl (C=O) groups is 3. The summed E-state index contributed by atoms with van der Waals surface area (Å²) >= 11 is 0. The van der Waals surface area contributed by atoms with Gasteiger partial charge < -0.3 is 14.8 Å². The van der Waals surface area contributed by atoms with Crippen molar-refractivity contribution in [3.8, 4) is 11.5 Å². The van der Waals surface area contributed by atoms with Gasteiger partial charge in [0.05, 0.1) is 11.3 Å². The molecule has 0 unspecified atom stereocenters. The van der Waals surface area contributed by atoms with Crippen LogP contribution in [0.15, 0.2) is 53.6 Å². The summed E-state index contributed by atoms with van der Waals surface area (Å²) in [7, 11) is -2.56. The monoisotopic (exact) mass is 593 g/mol. The minimum atomic E-state index is -4.28. The van der Waals surface area contributed by atoms with Crippen molar-refractivity contribution in [2.75, 3.05) is 18.2 Å². The van der Waals surface area contributed by atoms with Crippen LogP contribution >= 0.6 is 0 Å². The molecule has 2 aliphatic heterocycles. The smallest absolute Gasteiger partial charge is 0.269 e. The zero-order valence-corrected chi connectivity index (χ0v) is 24.1. The van der Waals surface area contributed by atoms with E-state index in [-0.39, 0.29) is 29.0 Å². The Kier molecular flexibility index (Phi) is 7.13. The summed E-state index contributed by atoms with van der Waals surface area (Å²) < 4.78 is 39.8. The van der Waals surface area contributed by atoms with E-state index < -0.39 is 40.3 Å². The molecule has 3 heterocycles. The fraction of sp³-hybridized carbons (Fsp3) is 0.379. The van der Waals surface area contributed by atoms with Crippen LogP contribution in [0.4, 0.5) is 5.69 Å². The summed E-state index contributed by atoms with van der Waals surface area (Å²) in [4.78, 5) is 42.7. The standard InChI is InChI=1S/C29H31N5O7S/c1-18-22(15-32(2)31-18)27(28(36)30-19-8-4-3-5-9-19)34(20-12-13-23-24(14-20)41-17-40-23)26(35)16-33-29(37)21-10-6-7-11-25(21)42(33,38)39/h6-7,10-15,19,27H,3-5,8-9,16-17H2,1-2H3,(H,30,36)/t27-/m0/s1. The van der Waals surface area contributed by atoms with Crippen molar-refractivity contribution in [2.45, 2.75) is 56.0 Å². The summed E-state index contributed by atoms with van der Waals surface area (Å²) in [5.41, 5.74) is 1.26. The maximum atomic E-state index is 14.3. The van der Waals surface area contributed by atoms with Crippen LogP contribution in [-0.4, -0.2) is 59.6 Å². The largest absolute Gasteiger partial charge is 0.454 e. The van der Waals surface area contributed by atoms with E-state index in [0.717, 1.165) is 32.1 Å². The van der Waals surface area contributed by atoms with Crippen LogP contribution in [0.2, 0.25) is 0 Å². The molecule has 0 saturated heterocycles. The molecule has 1 atom stereocenters. The number of fused-ring (bicyclic) bond motifs is 2. The number of aryl methyl sites for hydroxylation is 2. The molecule has 1 aromatic heterocycles. The van der Waals surface area contributed by atoms with Crippen molar-refractivity contribution in [3.05, 3.63) is 65.5 Å². The third-order valence-corrected chi connectivity index (χ3v) is 9.69. The first-order chi connectivity index (χ1) is 20.1. The van der Waals surface area contributed by atoms with Crippen LogP contribution in [0.1, 0.15) is 59.8 Å². The summed E-state index contributed by atoms with van der Waals surface area (Å²) in [5.74, 6) is -1.16. The Balaban J connectivity index is 1.43. The second-order valence-electron chi connectivity index (χ2n) is 10.7. The van der Waals surface area contributed by atoms with Crippen LogP contribution < -0.4 is 19.7 Å². The Bertz CT molecular complexity index is 1680. The van der Waals surface area contributed by atoms with Gasteiger partial charge in [-0.05, 0) is 44.0 Å². The lowest BCUT2D eigenvalue weighted by molar-refractivity contribution is -0.127. The Hall–Kier alpha value is -4.39. The minimum absolute atomic E-state index is 0.00117. The first kappa shape index (κ1) is 27.8. The van der Waals surface area contributed by atoms with Gasteiger partial charge in [-0.1, -0.05) is 31.4 Å². The van der Waals surface area contributed by atoms with Crippen LogP contribution in [0.3, 0.4) is 0 Å². The van der Waals surface area contributed by atoms with E-state index in [9.17, 15) is 22.8 Å². The van der Waals surface area contributed by atoms with Crippen LogP contribution in [0, 0.1) is 6.92 Å². The molecular formula is C29H31N5O7S. The topological polar surface area (TPSA) is 140 Å². The molecule has 1 fully saturated rings. The third kappa shape index (κ3) is 4.87. The molecule has 0 radical (unpaired) electrons. The quantitative estimate of drug-likeness (QED) is 0.441. The highest BCUT2D eigenvalue weighted by molar-refractivity contribution is 7.90. The lowest BCUT2D eigenvalue weighted by Gasteiger charge is -2.34. The molecule has 3 aliphatic rings. The molecule has 13 heteroatoms. The number of nitrogens with zero attached hydrogens (tertiary/aromatic N) is 4. The number of benzene rings is 2. The first-order valence-corrected chi connectivity index (χ1v) is 15.3. The molecular weight excluding hydrogens is 562 g/mol. The molecule has 220 valence electrons. The SMILES string of the molecule is Cc1nn(C)cc1[C@@H](C(=O)NC1CCCCC1)N(C(=O)CN1C(=O)c2ccccc2S1(=O)=O)c1ccc2c(c1)OCO2. The van der Waals surface area contributed by atoms with Crippen LogP contribution in [-0.2, 0) is 26.7 Å². The molecule has 1 N–H and O–H groups in total. The summed E-state index contributed by atoms with van der Waals surface area (Å²) in [6.07, 6.45) is 6.38. The van der Waals surface area contributed by atoms with E-state index in [1.54, 1.807) is 49.1 Å². The van der Waals surface area contributed by atoms with E-state index >= 15 is 0 Å². The Morgan fingerprint density at radius 2 is 1.83 bits per heavy atom. The zero-order valence-electron chi connectivity index (χ0n) is 23.3. The molecule has 1 saturated carbocycles. The molecule has 12 nitrogen and oxygen atoms in total. The second kappa shape index (κ2) is 10.8. The van der Waals surface area contributed by atoms with E-state index in [1.807, 2.05) is 0 Å². The number of hydrogen-bond acceptors (Lipinski definition) is 8. The number of rotatable bonds is 7. The highest BCUT2D eigenvalue weighted by Gasteiger charge is 2.44. The number of aromatic nitrogens is 2. The van der Waals surface area contributed by atoms with Gasteiger partial charge in [0.15, 0.2) is 11.5 Å². The van der Waals surface area contributed by atoms with Crippen LogP contribution in [0.5, 0.6) is 11.5 Å². The van der Waals surface area contributed by atoms with Crippen molar-refractivity contribution >= 4 is 33.4 Å². The van der Waals surface area contributed by atoms with Gasteiger partial charge in [-0.15, -0.1) is 0 Å². The normalized spacial score (nSPS) is 18.0. The average molecular weight is 594 g/mol. The van der Waals surface area contributed by atoms with Crippen molar-refractivity contribution < 1.29 is 32.3 Å². The number of sulfonamides is 1. The van der Waals surface area contributed by atoms with Gasteiger partial charge in [0.25, 0.3) is 15.9 Å². The number of ether oxygens (including phenoxy) is 2. The van der Waals surface area contributed by atoms with E-state index in [0.29, 0.717) is 27.1 Å². The third-order valence-electron chi connectivity index (χ3n) is 7.90. The van der Waals surface area contributed by atoms with Crippen molar-refractivity contribution in [1.29, 1.82) is 0 Å². The fourth-order valence-electron chi connectivity index (χ4n) is 5.87. The lowest BCUT2D eigenvalue weighted by atomic mass is 9.94. The number of amides is 3. The van der Waals surface area contributed by atoms with E-state index in [4.69, 9.17) is 9.47 Å². The molecule has 1 aliphatic carbocycles. The predicted molar refractivity (Wildman–Crippen MR) is 150 cm³/mol. The molecule has 42 heavy (non-hydrogen) atoms. The Morgan fingerprint density at radius 1 is 1.10 bits per heavy atom. The predicted octanol–water partition coefficient (Wildman–Crippen LogP) is 2.83. The van der Waals surface area contributed by atoms with Gasteiger partial charge in [0.1, 0.15) is 17.5 Å². The fourth-order valence-corrected chi connectivity index (χ4v) is 7.39. The van der Waals surface area contributed by atoms with Crippen LogP contribution in [0.25, 0.3) is 0 Å². The highest BCUT2D eigenvalue weighted by Crippen LogP contribution is 2.39. The molecule has 6 rings (SSSR count). The molecule has 0 bridgehead atoms. The Morgan fingerprint density at radius 3 is 2.55 bits per heavy atom. The summed E-state index contributed by atoms with van der Waals surface area (Å²) in [5, 5.41) is 7.53. The number of nitrogens with one attached hydrogen (secondary N) is 1. The van der Waals surface area contributed by atoms with Crippen molar-refractivity contribution in [1.82, 2.24) is 19.4 Å². The minimum Gasteiger partial charge on any atom is -0.454 e. The van der Waals surface area contributed by atoms with E-state index in [2.05, 4.69) is 10.4 Å². The molecule has 3 amide bonds. The van der Waals surface area contributed by atoms with E-state index in [1.165, 1.54) is 23.1 Å². The van der Waals surface area contributed by atoms with Crippen molar-refractivity contribution in [3.63, 3.8) is 0 Å². The van der Waals surface area contributed by atoms with Gasteiger partial charge in [-0.2, -0.15) is 5.10 Å². The van der Waals surface area contributed by atoms with Gasteiger partial charge in [-0.3, -0.25) is 24.0 Å². The Labute approximate surface area is 243 Å². The maximum Gasteiger partial charge on any atom is 0.269 e. The van der Waals surface area contributed by atoms with Gasteiger partial charge in [0.2, 0.25) is 18.6 Å². The van der Waals surface area contributed by atoms with Gasteiger partial charge in [-0.25, -0.2) is 12.7 Å². The molecule has 3 aromatic rings. The summed E-state index contributed by atoms with van der Waals surface area (Å²) in [6.45, 7) is 0.930. The lowest BCUT2D eigenvalue weighted by Crippen LogP contribution is -2.50. The number of carbonyl (C=O) groups excluding carboxylic acids is 3. The van der Waals surface area contributed by atoms with Crippen molar-refractivity contribution in [2.24, 2.45) is 7.05 Å². The average Bonchev–Trinajstić information content (AvgIpc) is 3.63. The molecule has 0 spiro atoms. The first-order valence-electron chi connectivity index (χ1n) is 13.8. The summed E-state index contributed by atoms with van der Waals surface area (Å²) in [6, 6.07) is 9.35. The second-order valence-corrected chi connectivity index (χ2v) is 12.5. The highest BCUT2D eigenvalue weighted by atomic mass is 32.2. The van der Waals surface area contributed by atoms with Gasteiger partial charge >= 0.3 is 0 Å².